The maximum Gasteiger partial charge on any atom is 0.130 e. The van der Waals surface area contributed by atoms with Gasteiger partial charge in [-0.3, -0.25) is 0 Å². The van der Waals surface area contributed by atoms with Crippen LogP contribution in [-0.2, 0) is 6.54 Å². The Kier molecular flexibility index (Phi) is 4.38. The van der Waals surface area contributed by atoms with E-state index >= 15 is 0 Å². The minimum absolute atomic E-state index is 0.154. The Morgan fingerprint density at radius 1 is 1.32 bits per heavy atom. The first-order valence-electron chi connectivity index (χ1n) is 6.92. The van der Waals surface area contributed by atoms with Crippen LogP contribution in [0.5, 0.6) is 0 Å². The molecule has 0 aliphatic heterocycles. The third-order valence-electron chi connectivity index (χ3n) is 3.50. The van der Waals surface area contributed by atoms with E-state index in [1.54, 1.807) is 0 Å². The lowest BCUT2D eigenvalue weighted by atomic mass is 9.98. The fourth-order valence-electron chi connectivity index (χ4n) is 2.51. The molecule has 1 N–H and O–H groups in total. The van der Waals surface area contributed by atoms with Gasteiger partial charge in [-0.25, -0.2) is 4.98 Å². The molecule has 1 heterocycles. The lowest BCUT2D eigenvalue weighted by Gasteiger charge is -2.20. The molecule has 0 aliphatic carbocycles. The van der Waals surface area contributed by atoms with Gasteiger partial charge in [0.05, 0.1) is 6.04 Å². The lowest BCUT2D eigenvalue weighted by molar-refractivity contribution is 0.566. The number of hydrogen-bond donors (Lipinski definition) is 1. The Morgan fingerprint density at radius 3 is 2.79 bits per heavy atom. The molecule has 3 heteroatoms. The van der Waals surface area contributed by atoms with E-state index < -0.39 is 0 Å². The van der Waals surface area contributed by atoms with Gasteiger partial charge in [0.15, 0.2) is 0 Å². The molecule has 1 unspecified atom stereocenters. The zero-order valence-electron chi connectivity index (χ0n) is 12.3. The van der Waals surface area contributed by atoms with Crippen molar-refractivity contribution in [2.75, 3.05) is 7.05 Å². The second-order valence-corrected chi connectivity index (χ2v) is 5.06. The maximum atomic E-state index is 4.55. The van der Waals surface area contributed by atoms with Gasteiger partial charge in [0.2, 0.25) is 0 Å². The standard InChI is InChI=1S/C16H23N3/c1-5-9-19-10-8-18-16(19)15(17-4)14-11-12(2)6-7-13(14)3/h6-8,10-11,15,17H,5,9H2,1-4H3. The first-order valence-corrected chi connectivity index (χ1v) is 6.92. The van der Waals surface area contributed by atoms with E-state index in [2.05, 4.69) is 60.0 Å². The van der Waals surface area contributed by atoms with Crippen LogP contribution in [0.15, 0.2) is 30.6 Å². The lowest BCUT2D eigenvalue weighted by Crippen LogP contribution is -2.23. The monoisotopic (exact) mass is 257 g/mol. The molecule has 1 aromatic carbocycles. The van der Waals surface area contributed by atoms with Crippen molar-refractivity contribution in [1.82, 2.24) is 14.9 Å². The number of benzene rings is 1. The quantitative estimate of drug-likeness (QED) is 0.891. The highest BCUT2D eigenvalue weighted by Gasteiger charge is 2.18. The summed E-state index contributed by atoms with van der Waals surface area (Å²) < 4.78 is 2.24. The normalized spacial score (nSPS) is 12.6. The minimum atomic E-state index is 0.154. The summed E-state index contributed by atoms with van der Waals surface area (Å²) in [5, 5.41) is 3.40. The molecule has 3 nitrogen and oxygen atoms in total. The number of nitrogens with zero attached hydrogens (tertiary/aromatic N) is 2. The van der Waals surface area contributed by atoms with Crippen molar-refractivity contribution in [2.24, 2.45) is 0 Å². The second-order valence-electron chi connectivity index (χ2n) is 5.06. The van der Waals surface area contributed by atoms with E-state index in [-0.39, 0.29) is 6.04 Å². The van der Waals surface area contributed by atoms with Gasteiger partial charge in [0.25, 0.3) is 0 Å². The summed E-state index contributed by atoms with van der Waals surface area (Å²) in [6.07, 6.45) is 5.07. The zero-order chi connectivity index (χ0) is 13.8. The predicted octanol–water partition coefficient (Wildman–Crippen LogP) is 3.22. The number of aromatic nitrogens is 2. The molecule has 0 spiro atoms. The molecule has 19 heavy (non-hydrogen) atoms. The molecular formula is C16H23N3. The van der Waals surface area contributed by atoms with E-state index in [1.165, 1.54) is 16.7 Å². The Balaban J connectivity index is 2.44. The average Bonchev–Trinajstić information content (AvgIpc) is 2.83. The van der Waals surface area contributed by atoms with Crippen LogP contribution >= 0.6 is 0 Å². The highest BCUT2D eigenvalue weighted by atomic mass is 15.1. The molecule has 0 amide bonds. The molecule has 0 saturated heterocycles. The molecule has 2 aromatic rings. The molecule has 102 valence electrons. The van der Waals surface area contributed by atoms with Crippen molar-refractivity contribution in [3.8, 4) is 0 Å². The van der Waals surface area contributed by atoms with Crippen molar-refractivity contribution in [3.05, 3.63) is 53.1 Å². The third kappa shape index (κ3) is 2.87. The highest BCUT2D eigenvalue weighted by molar-refractivity contribution is 5.36. The summed E-state index contributed by atoms with van der Waals surface area (Å²) in [6.45, 7) is 7.49. The van der Waals surface area contributed by atoms with Crippen LogP contribution < -0.4 is 5.32 Å². The highest BCUT2D eigenvalue weighted by Crippen LogP contribution is 2.24. The van der Waals surface area contributed by atoms with Gasteiger partial charge in [-0.15, -0.1) is 0 Å². The van der Waals surface area contributed by atoms with E-state index in [0.717, 1.165) is 18.8 Å². The van der Waals surface area contributed by atoms with Crippen LogP contribution in [-0.4, -0.2) is 16.6 Å². The number of aryl methyl sites for hydroxylation is 3. The van der Waals surface area contributed by atoms with Crippen LogP contribution in [0.4, 0.5) is 0 Å². The minimum Gasteiger partial charge on any atom is -0.333 e. The Bertz CT molecular complexity index is 543. The predicted molar refractivity (Wildman–Crippen MR) is 79.3 cm³/mol. The van der Waals surface area contributed by atoms with Crippen LogP contribution in [0.25, 0.3) is 0 Å². The molecule has 0 saturated carbocycles. The first-order chi connectivity index (χ1) is 9.17. The van der Waals surface area contributed by atoms with Crippen molar-refractivity contribution < 1.29 is 0 Å². The van der Waals surface area contributed by atoms with Crippen molar-refractivity contribution in [2.45, 2.75) is 39.8 Å². The summed E-state index contributed by atoms with van der Waals surface area (Å²) in [5.74, 6) is 1.10. The molecule has 0 aliphatic rings. The third-order valence-corrected chi connectivity index (χ3v) is 3.50. The maximum absolute atomic E-state index is 4.55. The van der Waals surface area contributed by atoms with Crippen molar-refractivity contribution in [1.29, 1.82) is 0 Å². The van der Waals surface area contributed by atoms with Gasteiger partial charge in [-0.1, -0.05) is 30.7 Å². The van der Waals surface area contributed by atoms with Crippen molar-refractivity contribution in [3.63, 3.8) is 0 Å². The zero-order valence-corrected chi connectivity index (χ0v) is 12.3. The van der Waals surface area contributed by atoms with Crippen LogP contribution in [0.3, 0.4) is 0 Å². The number of nitrogens with one attached hydrogen (secondary N) is 1. The summed E-state index contributed by atoms with van der Waals surface area (Å²) in [4.78, 5) is 4.55. The van der Waals surface area contributed by atoms with Gasteiger partial charge in [0, 0.05) is 18.9 Å². The number of hydrogen-bond acceptors (Lipinski definition) is 2. The smallest absolute Gasteiger partial charge is 0.130 e. The Hall–Kier alpha value is -1.61. The Labute approximate surface area is 115 Å². The van der Waals surface area contributed by atoms with Gasteiger partial charge in [-0.2, -0.15) is 0 Å². The van der Waals surface area contributed by atoms with E-state index in [4.69, 9.17) is 0 Å². The SMILES string of the molecule is CCCn1ccnc1C(NC)c1cc(C)ccc1C. The molecule has 0 fully saturated rings. The molecule has 1 atom stereocenters. The van der Waals surface area contributed by atoms with E-state index in [0.29, 0.717) is 0 Å². The summed E-state index contributed by atoms with van der Waals surface area (Å²) in [5.41, 5.74) is 3.90. The molecular weight excluding hydrogens is 234 g/mol. The van der Waals surface area contributed by atoms with Crippen LogP contribution in [0, 0.1) is 13.8 Å². The molecule has 1 aromatic heterocycles. The fourth-order valence-corrected chi connectivity index (χ4v) is 2.51. The summed E-state index contributed by atoms with van der Waals surface area (Å²) >= 11 is 0. The van der Waals surface area contributed by atoms with Crippen LogP contribution in [0.2, 0.25) is 0 Å². The largest absolute Gasteiger partial charge is 0.333 e. The van der Waals surface area contributed by atoms with Gasteiger partial charge < -0.3 is 9.88 Å². The van der Waals surface area contributed by atoms with Gasteiger partial charge in [-0.05, 0) is 38.4 Å². The van der Waals surface area contributed by atoms with Gasteiger partial charge >= 0.3 is 0 Å². The fraction of sp³-hybridized carbons (Fsp3) is 0.438. The van der Waals surface area contributed by atoms with E-state index in [9.17, 15) is 0 Å². The topological polar surface area (TPSA) is 29.9 Å². The number of imidazole rings is 1. The van der Waals surface area contributed by atoms with Gasteiger partial charge in [0.1, 0.15) is 5.82 Å². The molecule has 0 radical (unpaired) electrons. The number of rotatable bonds is 5. The summed E-state index contributed by atoms with van der Waals surface area (Å²) in [7, 11) is 2.00. The van der Waals surface area contributed by atoms with E-state index in [1.807, 2.05) is 13.2 Å². The summed E-state index contributed by atoms with van der Waals surface area (Å²) in [6, 6.07) is 6.75. The Morgan fingerprint density at radius 2 is 2.11 bits per heavy atom. The van der Waals surface area contributed by atoms with Crippen LogP contribution in [0.1, 0.15) is 41.9 Å². The molecule has 0 bridgehead atoms. The van der Waals surface area contributed by atoms with Crippen molar-refractivity contribution >= 4 is 0 Å². The first kappa shape index (κ1) is 13.8. The second kappa shape index (κ2) is 6.02. The average molecular weight is 257 g/mol. The molecule has 2 rings (SSSR count).